The number of fused-ring (bicyclic) bond motifs is 1. The molecule has 1 aromatic rings. The lowest BCUT2D eigenvalue weighted by molar-refractivity contribution is -0.140. The summed E-state index contributed by atoms with van der Waals surface area (Å²) in [5.74, 6) is -0.510. The van der Waals surface area contributed by atoms with Gasteiger partial charge < -0.3 is 5.11 Å². The third-order valence-electron chi connectivity index (χ3n) is 5.59. The first kappa shape index (κ1) is 14.9. The number of carbonyl (C=O) groups excluding carboxylic acids is 2. The first-order chi connectivity index (χ1) is 9.79. The van der Waals surface area contributed by atoms with Crippen molar-refractivity contribution >= 4 is 27.5 Å². The number of carbonyl (C=O) groups is 2. The van der Waals surface area contributed by atoms with Crippen LogP contribution in [0.5, 0.6) is 0 Å². The maximum atomic E-state index is 12.3. The number of halogens is 1. The van der Waals surface area contributed by atoms with Crippen molar-refractivity contribution in [1.82, 2.24) is 0 Å². The van der Waals surface area contributed by atoms with E-state index in [9.17, 15) is 14.7 Å². The molecule has 2 aliphatic rings. The van der Waals surface area contributed by atoms with Gasteiger partial charge in [0.2, 0.25) is 0 Å². The van der Waals surface area contributed by atoms with Gasteiger partial charge in [0.05, 0.1) is 16.9 Å². The Bertz CT molecular complexity index is 609. The van der Waals surface area contributed by atoms with E-state index in [1.807, 2.05) is 31.2 Å². The number of ketones is 2. The molecule has 0 saturated heterocycles. The number of Topliss-reactive ketones (excluding diaryl/α,β-unsaturated/α-hetero) is 2. The van der Waals surface area contributed by atoms with Gasteiger partial charge in [-0.3, -0.25) is 9.59 Å². The molecule has 112 valence electrons. The minimum absolute atomic E-state index is 0.0242. The standard InChI is InChI=1S/C17H19BrO3/c1-10(19)15-13(11-3-5-12(18)6-4-11)9-16(2)14(20)7-8-17(15,16)21/h3-6,13,15,21H,7-9H2,1-2H3/t13-,15-,16+,17-/m1/s1. The maximum Gasteiger partial charge on any atom is 0.141 e. The van der Waals surface area contributed by atoms with E-state index in [4.69, 9.17) is 0 Å². The van der Waals surface area contributed by atoms with Gasteiger partial charge in [-0.15, -0.1) is 0 Å². The van der Waals surface area contributed by atoms with Crippen LogP contribution in [0.1, 0.15) is 44.6 Å². The summed E-state index contributed by atoms with van der Waals surface area (Å²) in [6.07, 6.45) is 1.33. The third-order valence-corrected chi connectivity index (χ3v) is 6.11. The second kappa shape index (κ2) is 4.75. The summed E-state index contributed by atoms with van der Waals surface area (Å²) in [4.78, 5) is 24.5. The van der Waals surface area contributed by atoms with Gasteiger partial charge in [0, 0.05) is 10.9 Å². The van der Waals surface area contributed by atoms with Crippen molar-refractivity contribution in [3.05, 3.63) is 34.3 Å². The number of hydrogen-bond donors (Lipinski definition) is 1. The van der Waals surface area contributed by atoms with Crippen LogP contribution in [0.25, 0.3) is 0 Å². The normalized spacial score (nSPS) is 38.6. The Hall–Kier alpha value is -1.00. The smallest absolute Gasteiger partial charge is 0.141 e. The lowest BCUT2D eigenvalue weighted by atomic mass is 9.73. The molecule has 3 rings (SSSR count). The Kier molecular flexibility index (Phi) is 3.37. The fourth-order valence-electron chi connectivity index (χ4n) is 4.42. The van der Waals surface area contributed by atoms with Gasteiger partial charge in [0.15, 0.2) is 0 Å². The van der Waals surface area contributed by atoms with Crippen molar-refractivity contribution in [2.24, 2.45) is 11.3 Å². The zero-order valence-corrected chi connectivity index (χ0v) is 13.8. The molecule has 2 aliphatic carbocycles. The lowest BCUT2D eigenvalue weighted by Crippen LogP contribution is -2.47. The molecule has 0 heterocycles. The van der Waals surface area contributed by atoms with Crippen LogP contribution in [0.2, 0.25) is 0 Å². The average Bonchev–Trinajstić information content (AvgIpc) is 2.79. The Labute approximate surface area is 132 Å². The molecule has 0 aliphatic heterocycles. The molecule has 4 atom stereocenters. The first-order valence-corrected chi connectivity index (χ1v) is 8.10. The second-order valence-electron chi connectivity index (χ2n) is 6.63. The summed E-state index contributed by atoms with van der Waals surface area (Å²) in [5, 5.41) is 11.1. The van der Waals surface area contributed by atoms with Crippen molar-refractivity contribution in [1.29, 1.82) is 0 Å². The lowest BCUT2D eigenvalue weighted by Gasteiger charge is -2.35. The highest BCUT2D eigenvalue weighted by Crippen LogP contribution is 2.62. The summed E-state index contributed by atoms with van der Waals surface area (Å²) >= 11 is 3.41. The van der Waals surface area contributed by atoms with E-state index in [0.29, 0.717) is 19.3 Å². The van der Waals surface area contributed by atoms with Crippen LogP contribution in [-0.4, -0.2) is 22.3 Å². The van der Waals surface area contributed by atoms with E-state index in [1.165, 1.54) is 6.92 Å². The highest BCUT2D eigenvalue weighted by Gasteiger charge is 2.68. The molecule has 0 bridgehead atoms. The topological polar surface area (TPSA) is 54.4 Å². The van der Waals surface area contributed by atoms with E-state index in [2.05, 4.69) is 15.9 Å². The molecule has 0 spiro atoms. The van der Waals surface area contributed by atoms with Crippen molar-refractivity contribution in [2.75, 3.05) is 0 Å². The van der Waals surface area contributed by atoms with E-state index in [0.717, 1.165) is 10.0 Å². The van der Waals surface area contributed by atoms with Gasteiger partial charge in [-0.2, -0.15) is 0 Å². The predicted octanol–water partition coefficient (Wildman–Crippen LogP) is 3.24. The summed E-state index contributed by atoms with van der Waals surface area (Å²) in [7, 11) is 0. The van der Waals surface area contributed by atoms with Crippen LogP contribution in [-0.2, 0) is 9.59 Å². The van der Waals surface area contributed by atoms with Crippen molar-refractivity contribution < 1.29 is 14.7 Å². The molecule has 1 aromatic carbocycles. The third kappa shape index (κ3) is 1.95. The minimum atomic E-state index is -1.19. The van der Waals surface area contributed by atoms with E-state index in [1.54, 1.807) is 0 Å². The highest BCUT2D eigenvalue weighted by atomic mass is 79.9. The Morgan fingerprint density at radius 1 is 1.33 bits per heavy atom. The van der Waals surface area contributed by atoms with Crippen LogP contribution < -0.4 is 0 Å². The Morgan fingerprint density at radius 3 is 2.52 bits per heavy atom. The molecule has 3 nitrogen and oxygen atoms in total. The molecule has 0 radical (unpaired) electrons. The Balaban J connectivity index is 2.08. The van der Waals surface area contributed by atoms with Gasteiger partial charge in [-0.25, -0.2) is 0 Å². The van der Waals surface area contributed by atoms with Gasteiger partial charge in [-0.1, -0.05) is 28.1 Å². The number of rotatable bonds is 2. The SMILES string of the molecule is CC(=O)[C@@H]1[C@@H](c2ccc(Br)cc2)C[C@@]2(C)C(=O)CC[C@@]12O. The van der Waals surface area contributed by atoms with Crippen molar-refractivity contribution in [3.8, 4) is 0 Å². The first-order valence-electron chi connectivity index (χ1n) is 7.31. The zero-order valence-electron chi connectivity index (χ0n) is 12.2. The van der Waals surface area contributed by atoms with Crippen LogP contribution >= 0.6 is 15.9 Å². The second-order valence-corrected chi connectivity index (χ2v) is 7.55. The van der Waals surface area contributed by atoms with Gasteiger partial charge in [0.1, 0.15) is 11.6 Å². The van der Waals surface area contributed by atoms with E-state index >= 15 is 0 Å². The maximum absolute atomic E-state index is 12.3. The van der Waals surface area contributed by atoms with Crippen molar-refractivity contribution in [2.45, 2.75) is 44.6 Å². The molecule has 0 unspecified atom stereocenters. The summed E-state index contributed by atoms with van der Waals surface area (Å²) < 4.78 is 0.977. The van der Waals surface area contributed by atoms with Crippen LogP contribution in [0.3, 0.4) is 0 Å². The summed E-state index contributed by atoms with van der Waals surface area (Å²) in [6.45, 7) is 3.36. The molecule has 2 fully saturated rings. The van der Waals surface area contributed by atoms with Gasteiger partial charge in [0.25, 0.3) is 0 Å². The van der Waals surface area contributed by atoms with Crippen LogP contribution in [0.15, 0.2) is 28.7 Å². The number of benzene rings is 1. The largest absolute Gasteiger partial charge is 0.388 e. The number of aliphatic hydroxyl groups is 1. The molecule has 2 saturated carbocycles. The molecule has 0 aromatic heterocycles. The summed E-state index contributed by atoms with van der Waals surface area (Å²) in [5.41, 5.74) is -0.954. The van der Waals surface area contributed by atoms with E-state index in [-0.39, 0.29) is 17.5 Å². The monoisotopic (exact) mass is 350 g/mol. The fourth-order valence-corrected chi connectivity index (χ4v) is 4.68. The van der Waals surface area contributed by atoms with E-state index < -0.39 is 16.9 Å². The summed E-state index contributed by atoms with van der Waals surface area (Å²) in [6, 6.07) is 7.83. The number of hydrogen-bond acceptors (Lipinski definition) is 3. The molecule has 1 N–H and O–H groups in total. The molecular formula is C17H19BrO3. The molecule has 0 amide bonds. The fraction of sp³-hybridized carbons (Fsp3) is 0.529. The average molecular weight is 351 g/mol. The molecule has 21 heavy (non-hydrogen) atoms. The Morgan fingerprint density at radius 2 is 1.95 bits per heavy atom. The van der Waals surface area contributed by atoms with Gasteiger partial charge in [-0.05, 0) is 50.3 Å². The van der Waals surface area contributed by atoms with Crippen LogP contribution in [0.4, 0.5) is 0 Å². The zero-order chi connectivity index (χ0) is 15.4. The van der Waals surface area contributed by atoms with Crippen LogP contribution in [0, 0.1) is 11.3 Å². The molecular weight excluding hydrogens is 332 g/mol. The molecule has 4 heteroatoms. The quantitative estimate of drug-likeness (QED) is 0.890. The minimum Gasteiger partial charge on any atom is -0.388 e. The highest BCUT2D eigenvalue weighted by molar-refractivity contribution is 9.10. The van der Waals surface area contributed by atoms with Crippen molar-refractivity contribution in [3.63, 3.8) is 0 Å². The predicted molar refractivity (Wildman–Crippen MR) is 83.0 cm³/mol. The van der Waals surface area contributed by atoms with Gasteiger partial charge >= 0.3 is 0 Å².